The minimum atomic E-state index is -4.43. The number of hydrogen-bond acceptors (Lipinski definition) is 3. The van der Waals surface area contributed by atoms with Crippen LogP contribution in [0.2, 0.25) is 5.02 Å². The summed E-state index contributed by atoms with van der Waals surface area (Å²) in [5.74, 6) is 0.277. The molecule has 0 radical (unpaired) electrons. The summed E-state index contributed by atoms with van der Waals surface area (Å²) in [6, 6.07) is 0.890. The first-order valence-corrected chi connectivity index (χ1v) is 6.91. The molecule has 1 aliphatic carbocycles. The fourth-order valence-electron chi connectivity index (χ4n) is 2.57. The van der Waals surface area contributed by atoms with Gasteiger partial charge in [0, 0.05) is 12.7 Å². The molecule has 1 aromatic rings. The summed E-state index contributed by atoms with van der Waals surface area (Å²) in [6.45, 7) is 1.14. The van der Waals surface area contributed by atoms with Gasteiger partial charge in [0.1, 0.15) is 5.82 Å². The number of pyridine rings is 1. The lowest BCUT2D eigenvalue weighted by atomic mass is 9.86. The van der Waals surface area contributed by atoms with E-state index in [1.54, 1.807) is 0 Å². The van der Waals surface area contributed by atoms with Gasteiger partial charge >= 0.3 is 6.18 Å². The Kier molecular flexibility index (Phi) is 4.44. The van der Waals surface area contributed by atoms with E-state index in [4.69, 9.17) is 17.3 Å². The second-order valence-corrected chi connectivity index (χ2v) is 5.72. The first-order chi connectivity index (χ1) is 9.36. The Balaban J connectivity index is 2.07. The van der Waals surface area contributed by atoms with Gasteiger partial charge in [0.15, 0.2) is 0 Å². The molecular formula is C13H17ClF3N3. The quantitative estimate of drug-likeness (QED) is 0.892. The molecule has 2 rings (SSSR count). The van der Waals surface area contributed by atoms with Crippen molar-refractivity contribution in [2.75, 3.05) is 18.4 Å². The minimum Gasteiger partial charge on any atom is -0.368 e. The van der Waals surface area contributed by atoms with Crippen LogP contribution in [0.15, 0.2) is 12.3 Å². The van der Waals surface area contributed by atoms with Crippen LogP contribution in [0.4, 0.5) is 19.0 Å². The summed E-state index contributed by atoms with van der Waals surface area (Å²) in [5, 5.41) is 3.01. The molecule has 0 unspecified atom stereocenters. The molecule has 0 aliphatic heterocycles. The molecule has 0 saturated heterocycles. The van der Waals surface area contributed by atoms with Gasteiger partial charge in [0.25, 0.3) is 0 Å². The fraction of sp³-hybridized carbons (Fsp3) is 0.615. The number of nitrogens with zero attached hydrogens (tertiary/aromatic N) is 1. The SMILES string of the molecule is NCC1(CNc2ncc(C(F)(F)F)cc2Cl)CCCC1. The Morgan fingerprint density at radius 1 is 1.35 bits per heavy atom. The standard InChI is InChI=1S/C13H17ClF3N3/c14-10-5-9(13(15,16)17)6-19-11(10)20-8-12(7-18)3-1-2-4-12/h5-6H,1-4,7-8,18H2,(H,19,20). The highest BCUT2D eigenvalue weighted by Crippen LogP contribution is 2.38. The van der Waals surface area contributed by atoms with Gasteiger partial charge in [0.2, 0.25) is 0 Å². The van der Waals surface area contributed by atoms with E-state index in [1.165, 1.54) is 0 Å². The summed E-state index contributed by atoms with van der Waals surface area (Å²) in [4.78, 5) is 3.77. The summed E-state index contributed by atoms with van der Waals surface area (Å²) in [7, 11) is 0. The Bertz CT molecular complexity index is 470. The average molecular weight is 308 g/mol. The van der Waals surface area contributed by atoms with E-state index >= 15 is 0 Å². The van der Waals surface area contributed by atoms with Crippen LogP contribution in [0.25, 0.3) is 0 Å². The van der Waals surface area contributed by atoms with Crippen LogP contribution < -0.4 is 11.1 Å². The zero-order valence-electron chi connectivity index (χ0n) is 10.9. The number of halogens is 4. The summed E-state index contributed by atoms with van der Waals surface area (Å²) < 4.78 is 37.5. The molecule has 0 amide bonds. The maximum absolute atomic E-state index is 12.5. The van der Waals surface area contributed by atoms with Gasteiger partial charge in [-0.3, -0.25) is 0 Å². The third kappa shape index (κ3) is 3.35. The number of nitrogens with one attached hydrogen (secondary N) is 1. The largest absolute Gasteiger partial charge is 0.417 e. The molecular weight excluding hydrogens is 291 g/mol. The summed E-state index contributed by atoms with van der Waals surface area (Å²) in [5.41, 5.74) is 4.97. The van der Waals surface area contributed by atoms with Crippen LogP contribution in [0.3, 0.4) is 0 Å². The van der Waals surface area contributed by atoms with E-state index in [-0.39, 0.29) is 16.3 Å². The van der Waals surface area contributed by atoms with Crippen molar-refractivity contribution in [2.45, 2.75) is 31.9 Å². The van der Waals surface area contributed by atoms with E-state index in [2.05, 4.69) is 10.3 Å². The lowest BCUT2D eigenvalue weighted by Gasteiger charge is -2.27. The second kappa shape index (κ2) is 5.77. The minimum absolute atomic E-state index is 0.00765. The van der Waals surface area contributed by atoms with Crippen molar-refractivity contribution in [1.82, 2.24) is 4.98 Å². The van der Waals surface area contributed by atoms with Crippen LogP contribution in [0.5, 0.6) is 0 Å². The molecule has 0 atom stereocenters. The van der Waals surface area contributed by atoms with Crippen LogP contribution in [-0.4, -0.2) is 18.1 Å². The number of hydrogen-bond donors (Lipinski definition) is 2. The van der Waals surface area contributed by atoms with Crippen molar-refractivity contribution in [1.29, 1.82) is 0 Å². The van der Waals surface area contributed by atoms with E-state index < -0.39 is 11.7 Å². The normalized spacial score (nSPS) is 18.2. The Labute approximate surface area is 120 Å². The highest BCUT2D eigenvalue weighted by molar-refractivity contribution is 6.32. The first-order valence-electron chi connectivity index (χ1n) is 6.53. The van der Waals surface area contributed by atoms with Crippen molar-refractivity contribution in [3.63, 3.8) is 0 Å². The van der Waals surface area contributed by atoms with Crippen LogP contribution in [0, 0.1) is 5.41 Å². The van der Waals surface area contributed by atoms with Crippen molar-refractivity contribution in [3.05, 3.63) is 22.8 Å². The number of anilines is 1. The van der Waals surface area contributed by atoms with Gasteiger partial charge in [-0.05, 0) is 30.9 Å². The zero-order valence-corrected chi connectivity index (χ0v) is 11.7. The highest BCUT2D eigenvalue weighted by atomic mass is 35.5. The molecule has 0 spiro atoms. The zero-order chi connectivity index (χ0) is 14.8. The third-order valence-electron chi connectivity index (χ3n) is 3.90. The maximum atomic E-state index is 12.5. The number of nitrogens with two attached hydrogens (primary N) is 1. The molecule has 1 aliphatic rings. The smallest absolute Gasteiger partial charge is 0.368 e. The van der Waals surface area contributed by atoms with Gasteiger partial charge in [-0.1, -0.05) is 24.4 Å². The van der Waals surface area contributed by atoms with Crippen LogP contribution in [-0.2, 0) is 6.18 Å². The van der Waals surface area contributed by atoms with Crippen molar-refractivity contribution < 1.29 is 13.2 Å². The molecule has 0 aromatic carbocycles. The molecule has 1 saturated carbocycles. The van der Waals surface area contributed by atoms with E-state index in [0.717, 1.165) is 37.9 Å². The van der Waals surface area contributed by atoms with Crippen molar-refractivity contribution >= 4 is 17.4 Å². The molecule has 7 heteroatoms. The average Bonchev–Trinajstić information content (AvgIpc) is 2.85. The number of rotatable bonds is 4. The molecule has 1 fully saturated rings. The fourth-order valence-corrected chi connectivity index (χ4v) is 2.81. The lowest BCUT2D eigenvalue weighted by molar-refractivity contribution is -0.137. The molecule has 1 heterocycles. The molecule has 20 heavy (non-hydrogen) atoms. The molecule has 3 nitrogen and oxygen atoms in total. The summed E-state index contributed by atoms with van der Waals surface area (Å²) in [6.07, 6.45) is 0.667. The summed E-state index contributed by atoms with van der Waals surface area (Å²) >= 11 is 5.85. The van der Waals surface area contributed by atoms with Gasteiger partial charge < -0.3 is 11.1 Å². The van der Waals surface area contributed by atoms with Gasteiger partial charge in [-0.2, -0.15) is 13.2 Å². The van der Waals surface area contributed by atoms with E-state index in [1.807, 2.05) is 0 Å². The molecule has 3 N–H and O–H groups in total. The van der Waals surface area contributed by atoms with Crippen LogP contribution >= 0.6 is 11.6 Å². The lowest BCUT2D eigenvalue weighted by Crippen LogP contribution is -2.34. The highest BCUT2D eigenvalue weighted by Gasteiger charge is 2.33. The first kappa shape index (κ1) is 15.4. The molecule has 1 aromatic heterocycles. The number of alkyl halides is 3. The van der Waals surface area contributed by atoms with E-state index in [0.29, 0.717) is 13.1 Å². The van der Waals surface area contributed by atoms with Crippen LogP contribution in [0.1, 0.15) is 31.2 Å². The Morgan fingerprint density at radius 3 is 2.50 bits per heavy atom. The molecule has 0 bridgehead atoms. The Morgan fingerprint density at radius 2 is 2.00 bits per heavy atom. The third-order valence-corrected chi connectivity index (χ3v) is 4.18. The van der Waals surface area contributed by atoms with Gasteiger partial charge in [0.05, 0.1) is 10.6 Å². The van der Waals surface area contributed by atoms with Gasteiger partial charge in [-0.25, -0.2) is 4.98 Å². The predicted molar refractivity (Wildman–Crippen MR) is 72.7 cm³/mol. The van der Waals surface area contributed by atoms with E-state index in [9.17, 15) is 13.2 Å². The second-order valence-electron chi connectivity index (χ2n) is 5.32. The number of aromatic nitrogens is 1. The maximum Gasteiger partial charge on any atom is 0.417 e. The Hall–Kier alpha value is -1.01. The predicted octanol–water partition coefficient (Wildman–Crippen LogP) is 3.68. The van der Waals surface area contributed by atoms with Gasteiger partial charge in [-0.15, -0.1) is 0 Å². The van der Waals surface area contributed by atoms with Crippen molar-refractivity contribution in [2.24, 2.45) is 11.1 Å². The topological polar surface area (TPSA) is 50.9 Å². The molecule has 112 valence electrons. The monoisotopic (exact) mass is 307 g/mol. The van der Waals surface area contributed by atoms with Crippen molar-refractivity contribution in [3.8, 4) is 0 Å².